The minimum Gasteiger partial charge on any atom is -0.340 e. The Morgan fingerprint density at radius 3 is 2.71 bits per heavy atom. The summed E-state index contributed by atoms with van der Waals surface area (Å²) in [5, 5.41) is 6.23. The number of carbonyl (C=O) groups excluding carboxylic acids is 1. The Kier molecular flexibility index (Phi) is 4.73. The van der Waals surface area contributed by atoms with Crippen molar-refractivity contribution in [3.63, 3.8) is 0 Å². The molecule has 1 unspecified atom stereocenters. The molecule has 1 atom stereocenters. The standard InChI is InChI=1S/C16H18F2N4O2/c1-10-19-15(21-24-10)13-8-3-2-4-9-22(13)16(23)20-14-11(17)6-5-7-12(14)18/h5-7,13H,2-4,8-9H2,1H3,(H,20,23). The summed E-state index contributed by atoms with van der Waals surface area (Å²) < 4.78 is 32.5. The van der Waals surface area contributed by atoms with Crippen LogP contribution in [0.2, 0.25) is 0 Å². The van der Waals surface area contributed by atoms with Crippen molar-refractivity contribution in [3.05, 3.63) is 41.5 Å². The number of urea groups is 1. The Morgan fingerprint density at radius 1 is 1.29 bits per heavy atom. The molecule has 128 valence electrons. The molecule has 1 fully saturated rings. The predicted octanol–water partition coefficient (Wildman–Crippen LogP) is 3.81. The van der Waals surface area contributed by atoms with E-state index in [1.54, 1.807) is 6.92 Å². The molecule has 0 aliphatic carbocycles. The number of rotatable bonds is 2. The number of para-hydroxylation sites is 1. The van der Waals surface area contributed by atoms with Gasteiger partial charge in [-0.25, -0.2) is 13.6 Å². The van der Waals surface area contributed by atoms with Gasteiger partial charge in [0, 0.05) is 13.5 Å². The molecule has 1 aromatic heterocycles. The molecule has 1 saturated heterocycles. The molecule has 1 aliphatic heterocycles. The number of aromatic nitrogens is 2. The smallest absolute Gasteiger partial charge is 0.322 e. The molecule has 0 saturated carbocycles. The van der Waals surface area contributed by atoms with Crippen LogP contribution in [0.25, 0.3) is 0 Å². The molecule has 8 heteroatoms. The van der Waals surface area contributed by atoms with Gasteiger partial charge in [-0.05, 0) is 25.0 Å². The molecule has 1 N–H and O–H groups in total. The molecule has 0 bridgehead atoms. The van der Waals surface area contributed by atoms with E-state index >= 15 is 0 Å². The summed E-state index contributed by atoms with van der Waals surface area (Å²) in [6.45, 7) is 2.13. The molecule has 0 radical (unpaired) electrons. The summed E-state index contributed by atoms with van der Waals surface area (Å²) in [4.78, 5) is 18.3. The second-order valence-corrected chi connectivity index (χ2v) is 5.76. The van der Waals surface area contributed by atoms with Gasteiger partial charge in [0.2, 0.25) is 5.89 Å². The summed E-state index contributed by atoms with van der Waals surface area (Å²) in [6.07, 6.45) is 3.36. The van der Waals surface area contributed by atoms with Gasteiger partial charge in [-0.2, -0.15) is 4.98 Å². The van der Waals surface area contributed by atoms with Crippen molar-refractivity contribution >= 4 is 11.7 Å². The number of hydrogen-bond donors (Lipinski definition) is 1. The van der Waals surface area contributed by atoms with E-state index < -0.39 is 23.4 Å². The lowest BCUT2D eigenvalue weighted by Gasteiger charge is -2.28. The fourth-order valence-corrected chi connectivity index (χ4v) is 2.87. The number of amides is 2. The molecule has 6 nitrogen and oxygen atoms in total. The zero-order chi connectivity index (χ0) is 17.1. The van der Waals surface area contributed by atoms with E-state index in [1.807, 2.05) is 0 Å². The highest BCUT2D eigenvalue weighted by molar-refractivity contribution is 5.89. The van der Waals surface area contributed by atoms with Gasteiger partial charge >= 0.3 is 6.03 Å². The van der Waals surface area contributed by atoms with E-state index in [0.29, 0.717) is 24.7 Å². The number of halogens is 2. The number of nitrogens with one attached hydrogen (secondary N) is 1. The predicted molar refractivity (Wildman–Crippen MR) is 82.3 cm³/mol. The lowest BCUT2D eigenvalue weighted by Crippen LogP contribution is -2.38. The molecule has 2 heterocycles. The van der Waals surface area contributed by atoms with Gasteiger partial charge in [0.15, 0.2) is 5.82 Å². The molecule has 0 spiro atoms. The van der Waals surface area contributed by atoms with Crippen molar-refractivity contribution in [2.24, 2.45) is 0 Å². The Morgan fingerprint density at radius 2 is 2.04 bits per heavy atom. The highest BCUT2D eigenvalue weighted by atomic mass is 19.1. The molecule has 1 aromatic carbocycles. The van der Waals surface area contributed by atoms with Gasteiger partial charge in [0.25, 0.3) is 0 Å². The zero-order valence-corrected chi connectivity index (χ0v) is 13.3. The largest absolute Gasteiger partial charge is 0.340 e. The maximum absolute atomic E-state index is 13.8. The molecular weight excluding hydrogens is 318 g/mol. The molecule has 24 heavy (non-hydrogen) atoms. The Bertz CT molecular complexity index is 714. The van der Waals surface area contributed by atoms with E-state index in [-0.39, 0.29) is 6.04 Å². The number of likely N-dealkylation sites (tertiary alicyclic amines) is 1. The first-order valence-electron chi connectivity index (χ1n) is 7.88. The molecule has 3 rings (SSSR count). The quantitative estimate of drug-likeness (QED) is 0.905. The Balaban J connectivity index is 1.84. The lowest BCUT2D eigenvalue weighted by atomic mass is 10.1. The van der Waals surface area contributed by atoms with Gasteiger partial charge in [-0.1, -0.05) is 24.1 Å². The highest BCUT2D eigenvalue weighted by Crippen LogP contribution is 2.29. The number of anilines is 1. The van der Waals surface area contributed by atoms with Gasteiger partial charge in [-0.15, -0.1) is 0 Å². The number of carbonyl (C=O) groups is 1. The highest BCUT2D eigenvalue weighted by Gasteiger charge is 2.31. The summed E-state index contributed by atoms with van der Waals surface area (Å²) in [5.41, 5.74) is -0.449. The summed E-state index contributed by atoms with van der Waals surface area (Å²) in [6, 6.07) is 2.49. The van der Waals surface area contributed by atoms with E-state index in [2.05, 4.69) is 15.5 Å². The molecular formula is C16H18F2N4O2. The van der Waals surface area contributed by atoms with Crippen LogP contribution in [0.5, 0.6) is 0 Å². The number of benzene rings is 1. The van der Waals surface area contributed by atoms with Crippen LogP contribution in [0.3, 0.4) is 0 Å². The van der Waals surface area contributed by atoms with Crippen LogP contribution in [-0.4, -0.2) is 27.6 Å². The van der Waals surface area contributed by atoms with Crippen molar-refractivity contribution in [3.8, 4) is 0 Å². The van der Waals surface area contributed by atoms with Crippen LogP contribution in [-0.2, 0) is 0 Å². The minimum atomic E-state index is -0.815. The fraction of sp³-hybridized carbons (Fsp3) is 0.438. The normalized spacial score (nSPS) is 18.3. The second kappa shape index (κ2) is 6.94. The van der Waals surface area contributed by atoms with E-state index in [4.69, 9.17) is 4.52 Å². The van der Waals surface area contributed by atoms with E-state index in [1.165, 1.54) is 11.0 Å². The summed E-state index contributed by atoms with van der Waals surface area (Å²) in [5.74, 6) is -0.802. The number of aryl methyl sites for hydroxylation is 1. The van der Waals surface area contributed by atoms with Crippen molar-refractivity contribution in [1.29, 1.82) is 0 Å². The van der Waals surface area contributed by atoms with E-state index in [0.717, 1.165) is 31.4 Å². The SMILES string of the molecule is Cc1nc(C2CCCCCN2C(=O)Nc2c(F)cccc2F)no1. The van der Waals surface area contributed by atoms with Crippen molar-refractivity contribution < 1.29 is 18.1 Å². The van der Waals surface area contributed by atoms with Crippen LogP contribution in [0.1, 0.15) is 43.4 Å². The van der Waals surface area contributed by atoms with Gasteiger partial charge in [-0.3, -0.25) is 0 Å². The zero-order valence-electron chi connectivity index (χ0n) is 13.3. The fourth-order valence-electron chi connectivity index (χ4n) is 2.87. The van der Waals surface area contributed by atoms with E-state index in [9.17, 15) is 13.6 Å². The first-order chi connectivity index (χ1) is 11.6. The van der Waals surface area contributed by atoms with Gasteiger partial charge in [0.05, 0.1) is 6.04 Å². The van der Waals surface area contributed by atoms with Crippen LogP contribution in [0.15, 0.2) is 22.7 Å². The molecule has 1 aliphatic rings. The third kappa shape index (κ3) is 3.37. The third-order valence-electron chi connectivity index (χ3n) is 4.05. The summed E-state index contributed by atoms with van der Waals surface area (Å²) >= 11 is 0. The Hall–Kier alpha value is -2.51. The van der Waals surface area contributed by atoms with Crippen molar-refractivity contribution in [2.75, 3.05) is 11.9 Å². The van der Waals surface area contributed by atoms with Crippen LogP contribution >= 0.6 is 0 Å². The van der Waals surface area contributed by atoms with Crippen LogP contribution in [0, 0.1) is 18.6 Å². The first-order valence-corrected chi connectivity index (χ1v) is 7.88. The third-order valence-corrected chi connectivity index (χ3v) is 4.05. The maximum Gasteiger partial charge on any atom is 0.322 e. The average Bonchev–Trinajstić information content (AvgIpc) is 2.83. The monoisotopic (exact) mass is 336 g/mol. The summed E-state index contributed by atoms with van der Waals surface area (Å²) in [7, 11) is 0. The number of hydrogen-bond acceptors (Lipinski definition) is 4. The first kappa shape index (κ1) is 16.4. The maximum atomic E-state index is 13.8. The molecule has 2 aromatic rings. The van der Waals surface area contributed by atoms with Crippen molar-refractivity contribution in [2.45, 2.75) is 38.6 Å². The van der Waals surface area contributed by atoms with Gasteiger partial charge < -0.3 is 14.7 Å². The average molecular weight is 336 g/mol. The number of nitrogens with zero attached hydrogens (tertiary/aromatic N) is 3. The van der Waals surface area contributed by atoms with Crippen LogP contribution in [0.4, 0.5) is 19.3 Å². The van der Waals surface area contributed by atoms with Crippen molar-refractivity contribution in [1.82, 2.24) is 15.0 Å². The minimum absolute atomic E-state index is 0.375. The van der Waals surface area contributed by atoms with Gasteiger partial charge in [0.1, 0.15) is 17.3 Å². The Labute approximate surface area is 137 Å². The topological polar surface area (TPSA) is 71.3 Å². The van der Waals surface area contributed by atoms with Crippen LogP contribution < -0.4 is 5.32 Å². The second-order valence-electron chi connectivity index (χ2n) is 5.76. The molecule has 2 amide bonds. The lowest BCUT2D eigenvalue weighted by molar-refractivity contribution is 0.184.